The maximum Gasteiger partial charge on any atom is 0.410 e. The Morgan fingerprint density at radius 1 is 1.20 bits per heavy atom. The molecule has 2 aliphatic heterocycles. The fourth-order valence-electron chi connectivity index (χ4n) is 4.25. The number of piperidine rings is 1. The van der Waals surface area contributed by atoms with Crippen molar-refractivity contribution in [3.05, 3.63) is 0 Å². The summed E-state index contributed by atoms with van der Waals surface area (Å²) in [6.45, 7) is 7.36. The van der Waals surface area contributed by atoms with E-state index in [0.29, 0.717) is 5.41 Å². The molecule has 0 aromatic heterocycles. The highest BCUT2D eigenvalue weighted by Crippen LogP contribution is 2.53. The van der Waals surface area contributed by atoms with Crippen LogP contribution >= 0.6 is 0 Å². The zero-order valence-corrected chi connectivity index (χ0v) is 13.2. The van der Waals surface area contributed by atoms with Crippen LogP contribution in [-0.4, -0.2) is 54.2 Å². The molecule has 2 heterocycles. The number of ether oxygens (including phenoxy) is 1. The summed E-state index contributed by atoms with van der Waals surface area (Å²) in [7, 11) is 2.13. The summed E-state index contributed by atoms with van der Waals surface area (Å²) in [5.74, 6) is 0. The highest BCUT2D eigenvalue weighted by atomic mass is 16.6. The van der Waals surface area contributed by atoms with Crippen molar-refractivity contribution in [2.45, 2.75) is 64.0 Å². The van der Waals surface area contributed by atoms with E-state index in [1.54, 1.807) is 0 Å². The Balaban J connectivity index is 1.59. The first-order valence-corrected chi connectivity index (χ1v) is 8.07. The molecule has 0 unspecified atom stereocenters. The van der Waals surface area contributed by atoms with Crippen LogP contribution < -0.4 is 0 Å². The molecule has 3 rings (SSSR count). The Kier molecular flexibility index (Phi) is 3.47. The zero-order chi connectivity index (χ0) is 14.4. The topological polar surface area (TPSA) is 32.8 Å². The third-order valence-electron chi connectivity index (χ3n) is 5.60. The van der Waals surface area contributed by atoms with Crippen molar-refractivity contribution in [1.29, 1.82) is 0 Å². The van der Waals surface area contributed by atoms with Gasteiger partial charge in [0.05, 0.1) is 0 Å². The van der Waals surface area contributed by atoms with Crippen LogP contribution in [0.1, 0.15) is 52.4 Å². The summed E-state index contributed by atoms with van der Waals surface area (Å²) in [4.78, 5) is 16.8. The Bertz CT molecular complexity index is 382. The quantitative estimate of drug-likeness (QED) is 0.740. The smallest absolute Gasteiger partial charge is 0.410 e. The Morgan fingerprint density at radius 2 is 1.85 bits per heavy atom. The van der Waals surface area contributed by atoms with E-state index in [-0.39, 0.29) is 17.7 Å². The number of carbonyl (C=O) groups excluding carboxylic acids is 1. The largest absolute Gasteiger partial charge is 0.446 e. The minimum atomic E-state index is -0.0756. The average molecular weight is 280 g/mol. The van der Waals surface area contributed by atoms with Gasteiger partial charge in [-0.15, -0.1) is 0 Å². The van der Waals surface area contributed by atoms with Crippen LogP contribution in [0.5, 0.6) is 0 Å². The lowest BCUT2D eigenvalue weighted by molar-refractivity contribution is 0.0199. The SMILES string of the molecule is CN1CCC(OC(=O)N2CC3(CCC3)CC2(C)C)CC1. The summed E-state index contributed by atoms with van der Waals surface area (Å²) >= 11 is 0. The van der Waals surface area contributed by atoms with Crippen molar-refractivity contribution < 1.29 is 9.53 Å². The van der Waals surface area contributed by atoms with Gasteiger partial charge in [0.15, 0.2) is 0 Å². The second kappa shape index (κ2) is 4.90. The van der Waals surface area contributed by atoms with Crippen LogP contribution in [0, 0.1) is 5.41 Å². The van der Waals surface area contributed by atoms with E-state index >= 15 is 0 Å². The van der Waals surface area contributed by atoms with Gasteiger partial charge in [-0.3, -0.25) is 0 Å². The van der Waals surface area contributed by atoms with E-state index < -0.39 is 0 Å². The van der Waals surface area contributed by atoms with E-state index in [9.17, 15) is 4.79 Å². The van der Waals surface area contributed by atoms with Crippen LogP contribution in [0.25, 0.3) is 0 Å². The lowest BCUT2D eigenvalue weighted by atomic mass is 9.66. The van der Waals surface area contributed by atoms with Crippen LogP contribution in [0.15, 0.2) is 0 Å². The fraction of sp³-hybridized carbons (Fsp3) is 0.938. The third kappa shape index (κ3) is 2.54. The zero-order valence-electron chi connectivity index (χ0n) is 13.2. The monoisotopic (exact) mass is 280 g/mol. The first-order chi connectivity index (χ1) is 9.40. The van der Waals surface area contributed by atoms with E-state index in [1.807, 2.05) is 4.90 Å². The summed E-state index contributed by atoms with van der Waals surface area (Å²) in [5, 5.41) is 0. The molecule has 0 aromatic rings. The molecule has 0 bridgehead atoms. The van der Waals surface area contributed by atoms with Crippen molar-refractivity contribution >= 4 is 6.09 Å². The summed E-state index contributed by atoms with van der Waals surface area (Å²) < 4.78 is 5.78. The molecule has 20 heavy (non-hydrogen) atoms. The van der Waals surface area contributed by atoms with Gasteiger partial charge in [0, 0.05) is 25.2 Å². The van der Waals surface area contributed by atoms with Gasteiger partial charge in [-0.25, -0.2) is 4.79 Å². The average Bonchev–Trinajstić information content (AvgIpc) is 2.64. The first-order valence-electron chi connectivity index (χ1n) is 8.07. The van der Waals surface area contributed by atoms with Crippen molar-refractivity contribution in [3.8, 4) is 0 Å². The van der Waals surface area contributed by atoms with Crippen LogP contribution in [-0.2, 0) is 4.74 Å². The molecule has 1 spiro atoms. The molecule has 4 nitrogen and oxygen atoms in total. The van der Waals surface area contributed by atoms with Crippen LogP contribution in [0.2, 0.25) is 0 Å². The van der Waals surface area contributed by atoms with Crippen molar-refractivity contribution in [2.75, 3.05) is 26.7 Å². The molecule has 1 aliphatic carbocycles. The van der Waals surface area contributed by atoms with Gasteiger partial charge in [0.1, 0.15) is 6.10 Å². The molecule has 1 amide bonds. The second-order valence-corrected chi connectivity index (χ2v) is 7.82. The number of amides is 1. The molecule has 3 fully saturated rings. The van der Waals surface area contributed by atoms with Crippen molar-refractivity contribution in [1.82, 2.24) is 9.80 Å². The summed E-state index contributed by atoms with van der Waals surface area (Å²) in [5.41, 5.74) is 0.373. The number of nitrogens with zero attached hydrogens (tertiary/aromatic N) is 2. The Morgan fingerprint density at radius 3 is 2.35 bits per heavy atom. The number of carbonyl (C=O) groups is 1. The highest BCUT2D eigenvalue weighted by Gasteiger charge is 2.53. The first kappa shape index (κ1) is 14.2. The fourth-order valence-corrected chi connectivity index (χ4v) is 4.25. The lowest BCUT2D eigenvalue weighted by Gasteiger charge is -2.38. The number of rotatable bonds is 1. The van der Waals surface area contributed by atoms with Gasteiger partial charge < -0.3 is 14.5 Å². The van der Waals surface area contributed by atoms with Gasteiger partial charge in [-0.2, -0.15) is 0 Å². The van der Waals surface area contributed by atoms with Gasteiger partial charge in [0.25, 0.3) is 0 Å². The lowest BCUT2D eigenvalue weighted by Crippen LogP contribution is -2.46. The molecule has 0 atom stereocenters. The maximum atomic E-state index is 12.5. The molecule has 0 aromatic carbocycles. The maximum absolute atomic E-state index is 12.5. The highest BCUT2D eigenvalue weighted by molar-refractivity contribution is 5.69. The number of likely N-dealkylation sites (tertiary alicyclic amines) is 2. The molecule has 4 heteroatoms. The van der Waals surface area contributed by atoms with E-state index in [2.05, 4.69) is 25.8 Å². The molecule has 0 N–H and O–H groups in total. The van der Waals surface area contributed by atoms with Crippen LogP contribution in [0.4, 0.5) is 4.79 Å². The van der Waals surface area contributed by atoms with Crippen molar-refractivity contribution in [2.24, 2.45) is 5.41 Å². The molecule has 3 aliphatic rings. The Labute approximate surface area is 122 Å². The van der Waals surface area contributed by atoms with Gasteiger partial charge >= 0.3 is 6.09 Å². The normalized spacial score (nSPS) is 29.4. The molecular weight excluding hydrogens is 252 g/mol. The molecule has 0 radical (unpaired) electrons. The van der Waals surface area contributed by atoms with E-state index in [1.165, 1.54) is 19.3 Å². The van der Waals surface area contributed by atoms with Gasteiger partial charge in [-0.05, 0) is 58.4 Å². The van der Waals surface area contributed by atoms with Gasteiger partial charge in [-0.1, -0.05) is 6.42 Å². The third-order valence-corrected chi connectivity index (χ3v) is 5.60. The standard InChI is InChI=1S/C16H28N2O2/c1-15(2)11-16(7-4-8-16)12-18(15)14(19)20-13-5-9-17(3)10-6-13/h13H,4-12H2,1-3H3. The predicted octanol–water partition coefficient (Wildman–Crippen LogP) is 2.87. The van der Waals surface area contributed by atoms with E-state index in [4.69, 9.17) is 4.74 Å². The number of hydrogen-bond donors (Lipinski definition) is 0. The van der Waals surface area contributed by atoms with Crippen molar-refractivity contribution in [3.63, 3.8) is 0 Å². The Hall–Kier alpha value is -0.770. The second-order valence-electron chi connectivity index (χ2n) is 7.82. The summed E-state index contributed by atoms with van der Waals surface area (Å²) in [6.07, 6.45) is 7.03. The predicted molar refractivity (Wildman–Crippen MR) is 78.7 cm³/mol. The minimum absolute atomic E-state index is 0.0387. The van der Waals surface area contributed by atoms with Gasteiger partial charge in [0.2, 0.25) is 0 Å². The van der Waals surface area contributed by atoms with Crippen LogP contribution in [0.3, 0.4) is 0 Å². The molecular formula is C16H28N2O2. The molecule has 2 saturated heterocycles. The molecule has 114 valence electrons. The number of hydrogen-bond acceptors (Lipinski definition) is 3. The summed E-state index contributed by atoms with van der Waals surface area (Å²) in [6, 6.07) is 0. The minimum Gasteiger partial charge on any atom is -0.446 e. The molecule has 1 saturated carbocycles. The van der Waals surface area contributed by atoms with E-state index in [0.717, 1.165) is 38.9 Å².